The van der Waals surface area contributed by atoms with Crippen molar-refractivity contribution in [1.82, 2.24) is 0 Å². The lowest BCUT2D eigenvalue weighted by molar-refractivity contribution is -0.550. The third-order valence-corrected chi connectivity index (χ3v) is 6.02. The molecule has 1 fully saturated rings. The second-order valence-electron chi connectivity index (χ2n) is 8.62. The molecule has 1 saturated carbocycles. The first-order chi connectivity index (χ1) is 12.4. The first-order valence-corrected chi connectivity index (χ1v) is 11.1. The maximum Gasteiger partial charge on any atom is 0.234 e. The van der Waals surface area contributed by atoms with E-state index >= 15 is 0 Å². The minimum Gasteiger partial charge on any atom is -0.227 e. The molecular formula is C22H44O4. The van der Waals surface area contributed by atoms with Gasteiger partial charge in [-0.15, -0.1) is 0 Å². The highest BCUT2D eigenvalue weighted by atomic mass is 17.3. The van der Waals surface area contributed by atoms with Gasteiger partial charge in [-0.1, -0.05) is 59.8 Å². The van der Waals surface area contributed by atoms with E-state index in [0.29, 0.717) is 0 Å². The van der Waals surface area contributed by atoms with Crippen molar-refractivity contribution in [2.75, 3.05) is 0 Å². The van der Waals surface area contributed by atoms with E-state index in [1.54, 1.807) is 0 Å². The smallest absolute Gasteiger partial charge is 0.227 e. The van der Waals surface area contributed by atoms with E-state index in [-0.39, 0.29) is 11.2 Å². The van der Waals surface area contributed by atoms with Crippen molar-refractivity contribution in [3.8, 4) is 0 Å². The second kappa shape index (κ2) is 11.6. The molecule has 0 radical (unpaired) electrons. The minimum atomic E-state index is -0.760. The Kier molecular flexibility index (Phi) is 10.7. The van der Waals surface area contributed by atoms with Crippen molar-refractivity contribution in [3.05, 3.63) is 0 Å². The molecule has 156 valence electrons. The van der Waals surface area contributed by atoms with E-state index < -0.39 is 5.79 Å². The van der Waals surface area contributed by atoms with Crippen LogP contribution in [0.4, 0.5) is 0 Å². The van der Waals surface area contributed by atoms with Gasteiger partial charge in [0.2, 0.25) is 5.79 Å². The van der Waals surface area contributed by atoms with Crippen LogP contribution in [-0.4, -0.2) is 17.0 Å². The molecule has 26 heavy (non-hydrogen) atoms. The summed E-state index contributed by atoms with van der Waals surface area (Å²) < 4.78 is 0. The highest BCUT2D eigenvalue weighted by molar-refractivity contribution is 4.77. The van der Waals surface area contributed by atoms with Crippen molar-refractivity contribution >= 4 is 0 Å². The number of hydrogen-bond donors (Lipinski definition) is 0. The molecule has 0 aliphatic heterocycles. The van der Waals surface area contributed by atoms with Crippen LogP contribution in [-0.2, 0) is 19.6 Å². The van der Waals surface area contributed by atoms with Crippen molar-refractivity contribution in [2.24, 2.45) is 0 Å². The number of unbranched alkanes of at least 4 members (excludes halogenated alkanes) is 2. The van der Waals surface area contributed by atoms with Crippen LogP contribution in [0.1, 0.15) is 125 Å². The van der Waals surface area contributed by atoms with E-state index in [4.69, 9.17) is 19.6 Å². The number of rotatable bonds is 14. The highest BCUT2D eigenvalue weighted by Crippen LogP contribution is 2.37. The molecule has 2 atom stereocenters. The van der Waals surface area contributed by atoms with Gasteiger partial charge in [0, 0.05) is 12.8 Å². The fourth-order valence-electron chi connectivity index (χ4n) is 3.28. The molecule has 4 heteroatoms. The summed E-state index contributed by atoms with van der Waals surface area (Å²) in [5.41, 5.74) is -0.528. The minimum absolute atomic E-state index is 0.264. The van der Waals surface area contributed by atoms with Crippen LogP contribution in [0.5, 0.6) is 0 Å². The largest absolute Gasteiger partial charge is 0.234 e. The molecule has 0 N–H and O–H groups in total. The Bertz CT molecular complexity index is 339. The van der Waals surface area contributed by atoms with Gasteiger partial charge in [0.1, 0.15) is 11.2 Å². The van der Waals surface area contributed by atoms with E-state index in [0.717, 1.165) is 77.0 Å². The summed E-state index contributed by atoms with van der Waals surface area (Å²) >= 11 is 0. The Morgan fingerprint density at radius 3 is 1.46 bits per heavy atom. The standard InChI is InChI=1S/C22H44O4/c1-7-11-16-20(5,9-3)23-25-22(18-14-13-15-19-22)26-24-21(6,10-4)17-12-8-2/h7-19H2,1-6H3. The van der Waals surface area contributed by atoms with E-state index in [9.17, 15) is 0 Å². The summed E-state index contributed by atoms with van der Waals surface area (Å²) in [5, 5.41) is 0. The molecule has 1 aliphatic carbocycles. The van der Waals surface area contributed by atoms with Gasteiger partial charge >= 0.3 is 0 Å². The quantitative estimate of drug-likeness (QED) is 0.183. The van der Waals surface area contributed by atoms with Crippen molar-refractivity contribution in [2.45, 2.75) is 142 Å². The normalized spacial score (nSPS) is 21.9. The van der Waals surface area contributed by atoms with Crippen LogP contribution in [0.25, 0.3) is 0 Å². The first-order valence-electron chi connectivity index (χ1n) is 11.1. The van der Waals surface area contributed by atoms with Crippen molar-refractivity contribution in [1.29, 1.82) is 0 Å². The Morgan fingerprint density at radius 1 is 0.692 bits per heavy atom. The predicted octanol–water partition coefficient (Wildman–Crippen LogP) is 7.26. The third kappa shape index (κ3) is 7.84. The topological polar surface area (TPSA) is 36.9 Å². The van der Waals surface area contributed by atoms with E-state index in [2.05, 4.69) is 41.5 Å². The maximum absolute atomic E-state index is 6.02. The maximum atomic E-state index is 6.02. The average molecular weight is 373 g/mol. The van der Waals surface area contributed by atoms with E-state index in [1.165, 1.54) is 6.42 Å². The molecule has 4 nitrogen and oxygen atoms in total. The summed E-state index contributed by atoms with van der Waals surface area (Å²) in [6.07, 6.45) is 13.5. The summed E-state index contributed by atoms with van der Waals surface area (Å²) in [7, 11) is 0. The molecule has 0 saturated heterocycles. The van der Waals surface area contributed by atoms with Crippen molar-refractivity contribution < 1.29 is 19.6 Å². The zero-order valence-electron chi connectivity index (χ0n) is 18.3. The highest BCUT2D eigenvalue weighted by Gasteiger charge is 2.41. The summed E-state index contributed by atoms with van der Waals surface area (Å²) in [6.45, 7) is 13.0. The van der Waals surface area contributed by atoms with Crippen LogP contribution >= 0.6 is 0 Å². The molecule has 0 bridgehead atoms. The predicted molar refractivity (Wildman–Crippen MR) is 107 cm³/mol. The zero-order valence-corrected chi connectivity index (χ0v) is 18.3. The molecule has 0 aromatic heterocycles. The lowest BCUT2D eigenvalue weighted by atomic mass is 9.94. The Labute approximate surface area is 162 Å². The fourth-order valence-corrected chi connectivity index (χ4v) is 3.28. The average Bonchev–Trinajstić information content (AvgIpc) is 2.68. The lowest BCUT2D eigenvalue weighted by Crippen LogP contribution is -2.44. The van der Waals surface area contributed by atoms with E-state index in [1.807, 2.05) is 0 Å². The van der Waals surface area contributed by atoms with Gasteiger partial charge in [-0.3, -0.25) is 0 Å². The van der Waals surface area contributed by atoms with Gasteiger partial charge in [-0.2, -0.15) is 9.78 Å². The summed E-state index contributed by atoms with van der Waals surface area (Å²) in [6, 6.07) is 0. The van der Waals surface area contributed by atoms with Crippen LogP contribution in [0, 0.1) is 0 Å². The molecule has 0 amide bonds. The first kappa shape index (κ1) is 23.9. The van der Waals surface area contributed by atoms with Crippen LogP contribution in [0.2, 0.25) is 0 Å². The summed E-state index contributed by atoms with van der Waals surface area (Å²) in [4.78, 5) is 24.0. The molecule has 0 heterocycles. The van der Waals surface area contributed by atoms with Gasteiger partial charge in [0.05, 0.1) is 0 Å². The summed E-state index contributed by atoms with van der Waals surface area (Å²) in [5.74, 6) is -0.760. The third-order valence-electron chi connectivity index (χ3n) is 6.02. The molecule has 2 unspecified atom stereocenters. The van der Waals surface area contributed by atoms with Gasteiger partial charge in [-0.05, 0) is 52.4 Å². The molecule has 0 aromatic carbocycles. The van der Waals surface area contributed by atoms with Gasteiger partial charge < -0.3 is 0 Å². The Balaban J connectivity index is 2.71. The fraction of sp³-hybridized carbons (Fsp3) is 1.00. The van der Waals surface area contributed by atoms with Crippen LogP contribution in [0.15, 0.2) is 0 Å². The van der Waals surface area contributed by atoms with Gasteiger partial charge in [0.15, 0.2) is 0 Å². The van der Waals surface area contributed by atoms with Gasteiger partial charge in [-0.25, -0.2) is 9.78 Å². The lowest BCUT2D eigenvalue weighted by Gasteiger charge is -2.40. The van der Waals surface area contributed by atoms with Crippen LogP contribution < -0.4 is 0 Å². The van der Waals surface area contributed by atoms with Gasteiger partial charge in [0.25, 0.3) is 0 Å². The number of hydrogen-bond acceptors (Lipinski definition) is 4. The molecule has 1 aliphatic rings. The van der Waals surface area contributed by atoms with Crippen LogP contribution in [0.3, 0.4) is 0 Å². The SMILES string of the molecule is CCCCC(C)(CC)OOC1(OOC(C)(CC)CCCC)CCCCC1. The second-order valence-corrected chi connectivity index (χ2v) is 8.62. The molecule has 1 rings (SSSR count). The zero-order chi connectivity index (χ0) is 19.5. The van der Waals surface area contributed by atoms with Crippen molar-refractivity contribution in [3.63, 3.8) is 0 Å². The Hall–Kier alpha value is -0.160. The monoisotopic (exact) mass is 372 g/mol. The Morgan fingerprint density at radius 2 is 1.12 bits per heavy atom. The molecular weight excluding hydrogens is 328 g/mol. The molecule has 0 spiro atoms. The molecule has 0 aromatic rings.